The monoisotopic (exact) mass is 186 g/mol. The van der Waals surface area contributed by atoms with E-state index in [-0.39, 0.29) is 6.03 Å². The van der Waals surface area contributed by atoms with Crippen molar-refractivity contribution in [2.45, 2.75) is 19.8 Å². The third-order valence-corrected chi connectivity index (χ3v) is 2.09. The first kappa shape index (κ1) is 10.3. The summed E-state index contributed by atoms with van der Waals surface area (Å²) in [6.45, 7) is 6.00. The number of hydrogen-bond acceptors (Lipinski definition) is 2. The van der Waals surface area contributed by atoms with Gasteiger partial charge in [-0.1, -0.05) is 0 Å². The molecule has 0 aromatic rings. The van der Waals surface area contributed by atoms with Crippen molar-refractivity contribution < 1.29 is 9.53 Å². The average Bonchev–Trinajstić information content (AvgIpc) is 2.01. The minimum Gasteiger partial charge on any atom is -0.382 e. The standard InChI is InChI=1S/C9H18N2O2/c1-2-13-8-3-5-10-9(12)11-6-4-7-11/h2-8H2,1H3,(H,10,12). The van der Waals surface area contributed by atoms with E-state index < -0.39 is 0 Å². The van der Waals surface area contributed by atoms with E-state index in [1.165, 1.54) is 0 Å². The zero-order valence-corrected chi connectivity index (χ0v) is 8.21. The molecule has 13 heavy (non-hydrogen) atoms. The molecule has 0 aliphatic carbocycles. The van der Waals surface area contributed by atoms with E-state index in [1.54, 1.807) is 0 Å². The van der Waals surface area contributed by atoms with Crippen LogP contribution in [-0.4, -0.2) is 43.8 Å². The number of urea groups is 1. The topological polar surface area (TPSA) is 41.6 Å². The number of rotatable bonds is 5. The van der Waals surface area contributed by atoms with Crippen molar-refractivity contribution >= 4 is 6.03 Å². The van der Waals surface area contributed by atoms with Gasteiger partial charge < -0.3 is 15.0 Å². The minimum atomic E-state index is 0.0720. The van der Waals surface area contributed by atoms with E-state index in [2.05, 4.69) is 5.32 Å². The van der Waals surface area contributed by atoms with Gasteiger partial charge in [0.1, 0.15) is 0 Å². The van der Waals surface area contributed by atoms with Crippen LogP contribution in [0.2, 0.25) is 0 Å². The van der Waals surface area contributed by atoms with E-state index in [0.29, 0.717) is 0 Å². The Labute approximate surface area is 79.2 Å². The lowest BCUT2D eigenvalue weighted by Gasteiger charge is -2.30. The fraction of sp³-hybridized carbons (Fsp3) is 0.889. The number of carbonyl (C=O) groups excluding carboxylic acids is 1. The highest BCUT2D eigenvalue weighted by Crippen LogP contribution is 2.04. The van der Waals surface area contributed by atoms with Crippen LogP contribution in [0.25, 0.3) is 0 Å². The van der Waals surface area contributed by atoms with E-state index in [4.69, 9.17) is 4.74 Å². The van der Waals surface area contributed by atoms with Gasteiger partial charge in [0.15, 0.2) is 0 Å². The summed E-state index contributed by atoms with van der Waals surface area (Å²) in [4.78, 5) is 13.1. The zero-order chi connectivity index (χ0) is 9.52. The molecule has 0 bridgehead atoms. The number of hydrogen-bond donors (Lipinski definition) is 1. The van der Waals surface area contributed by atoms with Crippen LogP contribution >= 0.6 is 0 Å². The van der Waals surface area contributed by atoms with Crippen molar-refractivity contribution in [3.05, 3.63) is 0 Å². The summed E-state index contributed by atoms with van der Waals surface area (Å²) >= 11 is 0. The first-order valence-corrected chi connectivity index (χ1v) is 4.95. The molecule has 0 spiro atoms. The fourth-order valence-corrected chi connectivity index (χ4v) is 1.15. The van der Waals surface area contributed by atoms with E-state index in [1.807, 2.05) is 11.8 Å². The van der Waals surface area contributed by atoms with Gasteiger partial charge in [-0.2, -0.15) is 0 Å². The van der Waals surface area contributed by atoms with E-state index in [9.17, 15) is 4.79 Å². The molecular weight excluding hydrogens is 168 g/mol. The van der Waals surface area contributed by atoms with Crippen LogP contribution in [-0.2, 0) is 4.74 Å². The molecule has 0 unspecified atom stereocenters. The Hall–Kier alpha value is -0.770. The van der Waals surface area contributed by atoms with Crippen LogP contribution < -0.4 is 5.32 Å². The van der Waals surface area contributed by atoms with Gasteiger partial charge in [0, 0.05) is 32.8 Å². The molecule has 1 N–H and O–H groups in total. The highest BCUT2D eigenvalue weighted by molar-refractivity contribution is 5.74. The average molecular weight is 186 g/mol. The van der Waals surface area contributed by atoms with Gasteiger partial charge in [-0.3, -0.25) is 0 Å². The molecule has 0 atom stereocenters. The molecule has 1 heterocycles. The molecule has 0 aromatic carbocycles. The highest BCUT2D eigenvalue weighted by atomic mass is 16.5. The van der Waals surface area contributed by atoms with Gasteiger partial charge >= 0.3 is 6.03 Å². The lowest BCUT2D eigenvalue weighted by molar-refractivity contribution is 0.141. The third kappa shape index (κ3) is 3.63. The predicted octanol–water partition coefficient (Wildman–Crippen LogP) is 0.828. The molecule has 1 aliphatic heterocycles. The number of nitrogens with one attached hydrogen (secondary N) is 1. The smallest absolute Gasteiger partial charge is 0.317 e. The van der Waals surface area contributed by atoms with Gasteiger partial charge in [-0.05, 0) is 19.8 Å². The predicted molar refractivity (Wildman–Crippen MR) is 50.7 cm³/mol. The Morgan fingerprint density at radius 1 is 1.54 bits per heavy atom. The summed E-state index contributed by atoms with van der Waals surface area (Å²) in [7, 11) is 0. The number of amides is 2. The molecule has 0 radical (unpaired) electrons. The SMILES string of the molecule is CCOCCCNC(=O)N1CCC1. The molecule has 4 heteroatoms. The maximum absolute atomic E-state index is 11.2. The minimum absolute atomic E-state index is 0.0720. The van der Waals surface area contributed by atoms with Gasteiger partial charge in [0.2, 0.25) is 0 Å². The van der Waals surface area contributed by atoms with Crippen molar-refractivity contribution in [1.82, 2.24) is 10.2 Å². The molecular formula is C9H18N2O2. The summed E-state index contributed by atoms with van der Waals surface area (Å²) in [5.41, 5.74) is 0. The van der Waals surface area contributed by atoms with Crippen LogP contribution in [0.1, 0.15) is 19.8 Å². The first-order chi connectivity index (χ1) is 6.34. The van der Waals surface area contributed by atoms with Crippen molar-refractivity contribution in [2.75, 3.05) is 32.8 Å². The summed E-state index contributed by atoms with van der Waals surface area (Å²) in [5, 5.41) is 2.85. The second-order valence-corrected chi connectivity index (χ2v) is 3.12. The number of ether oxygens (including phenoxy) is 1. The zero-order valence-electron chi connectivity index (χ0n) is 8.21. The molecule has 0 saturated carbocycles. The summed E-state index contributed by atoms with van der Waals surface area (Å²) in [6.07, 6.45) is 2.04. The van der Waals surface area contributed by atoms with Crippen molar-refractivity contribution in [2.24, 2.45) is 0 Å². The Bertz CT molecular complexity index is 158. The van der Waals surface area contributed by atoms with E-state index in [0.717, 1.165) is 45.7 Å². The lowest BCUT2D eigenvalue weighted by Crippen LogP contribution is -2.48. The molecule has 76 valence electrons. The molecule has 2 amide bonds. The van der Waals surface area contributed by atoms with Crippen LogP contribution in [0.3, 0.4) is 0 Å². The van der Waals surface area contributed by atoms with Crippen LogP contribution in [0.4, 0.5) is 4.79 Å². The van der Waals surface area contributed by atoms with Crippen LogP contribution in [0, 0.1) is 0 Å². The van der Waals surface area contributed by atoms with Crippen molar-refractivity contribution in [3.63, 3.8) is 0 Å². The van der Waals surface area contributed by atoms with Gasteiger partial charge in [0.25, 0.3) is 0 Å². The number of carbonyl (C=O) groups is 1. The third-order valence-electron chi connectivity index (χ3n) is 2.09. The molecule has 1 rings (SSSR count). The normalized spacial score (nSPS) is 15.3. The summed E-state index contributed by atoms with van der Waals surface area (Å²) < 4.78 is 5.15. The maximum Gasteiger partial charge on any atom is 0.317 e. The number of nitrogens with zero attached hydrogens (tertiary/aromatic N) is 1. The second kappa shape index (κ2) is 5.80. The lowest BCUT2D eigenvalue weighted by atomic mass is 10.2. The molecule has 0 aromatic heterocycles. The van der Waals surface area contributed by atoms with Gasteiger partial charge in [0.05, 0.1) is 0 Å². The Morgan fingerprint density at radius 3 is 2.85 bits per heavy atom. The van der Waals surface area contributed by atoms with Gasteiger partial charge in [-0.25, -0.2) is 4.79 Å². The summed E-state index contributed by atoms with van der Waals surface area (Å²) in [6, 6.07) is 0.0720. The first-order valence-electron chi connectivity index (χ1n) is 4.95. The van der Waals surface area contributed by atoms with Crippen molar-refractivity contribution in [1.29, 1.82) is 0 Å². The fourth-order valence-electron chi connectivity index (χ4n) is 1.15. The molecule has 1 aliphatic rings. The largest absolute Gasteiger partial charge is 0.382 e. The highest BCUT2D eigenvalue weighted by Gasteiger charge is 2.18. The summed E-state index contributed by atoms with van der Waals surface area (Å²) in [5.74, 6) is 0. The second-order valence-electron chi connectivity index (χ2n) is 3.12. The molecule has 1 saturated heterocycles. The number of likely N-dealkylation sites (tertiary alicyclic amines) is 1. The Kier molecular flexibility index (Phi) is 4.60. The maximum atomic E-state index is 11.2. The van der Waals surface area contributed by atoms with Crippen molar-refractivity contribution in [3.8, 4) is 0 Å². The van der Waals surface area contributed by atoms with Crippen LogP contribution in [0.5, 0.6) is 0 Å². The van der Waals surface area contributed by atoms with E-state index >= 15 is 0 Å². The quantitative estimate of drug-likeness (QED) is 0.646. The Morgan fingerprint density at radius 2 is 2.31 bits per heavy atom. The Balaban J connectivity index is 1.89. The van der Waals surface area contributed by atoms with Crippen LogP contribution in [0.15, 0.2) is 0 Å². The van der Waals surface area contributed by atoms with Gasteiger partial charge in [-0.15, -0.1) is 0 Å². The molecule has 1 fully saturated rings. The molecule has 4 nitrogen and oxygen atoms in total.